The van der Waals surface area contributed by atoms with Crippen molar-refractivity contribution in [2.75, 3.05) is 12.9 Å². The Balaban J connectivity index is 1.57. The number of methoxy groups -OCH3 is 1. The van der Waals surface area contributed by atoms with Crippen LogP contribution in [0.3, 0.4) is 0 Å². The first-order valence-electron chi connectivity index (χ1n) is 14.0. The molecule has 0 bridgehead atoms. The highest BCUT2D eigenvalue weighted by Crippen LogP contribution is 2.52. The highest BCUT2D eigenvalue weighted by atomic mass is 32.2. The number of benzene rings is 2. The van der Waals surface area contributed by atoms with Gasteiger partial charge in [-0.3, -0.25) is 14.4 Å². The second-order valence-electron chi connectivity index (χ2n) is 11.3. The molecule has 0 saturated carbocycles. The Morgan fingerprint density at radius 1 is 1.18 bits per heavy atom. The number of aliphatic hydroxyl groups is 2. The zero-order valence-electron chi connectivity index (χ0n) is 24.6. The van der Waals surface area contributed by atoms with Gasteiger partial charge in [-0.1, -0.05) is 18.2 Å². The molecule has 5 N–H and O–H groups in total. The predicted molar refractivity (Wildman–Crippen MR) is 154 cm³/mol. The first-order valence-corrected chi connectivity index (χ1v) is 15.6. The van der Waals surface area contributed by atoms with Crippen molar-refractivity contribution in [3.63, 3.8) is 0 Å². The Morgan fingerprint density at radius 3 is 2.51 bits per heavy atom. The van der Waals surface area contributed by atoms with Crippen LogP contribution < -0.4 is 10.2 Å². The number of carbonyl (C=O) groups excluding carboxylic acids is 3. The van der Waals surface area contributed by atoms with Crippen LogP contribution in [0, 0.1) is 0 Å². The number of rotatable bonds is 9. The Bertz CT molecular complexity index is 1700. The number of hydrogen-bond donors (Lipinski definition) is 5. The van der Waals surface area contributed by atoms with Crippen LogP contribution in [0.5, 0.6) is 17.2 Å². The summed E-state index contributed by atoms with van der Waals surface area (Å²) in [5.74, 6) is -4.08. The van der Waals surface area contributed by atoms with Crippen LogP contribution in [0.1, 0.15) is 75.8 Å². The highest BCUT2D eigenvalue weighted by Gasteiger charge is 2.49. The molecule has 45 heavy (non-hydrogen) atoms. The molecule has 0 spiro atoms. The fraction of sp³-hybridized carbons (Fsp3) is 0.433. The summed E-state index contributed by atoms with van der Waals surface area (Å²) < 4.78 is 46.0. The summed E-state index contributed by atoms with van der Waals surface area (Å²) in [6, 6.07) is 3.30. The minimum absolute atomic E-state index is 0.0639. The van der Waals surface area contributed by atoms with Gasteiger partial charge in [-0.2, -0.15) is 18.2 Å². The summed E-state index contributed by atoms with van der Waals surface area (Å²) in [6.07, 6.45) is -4.85. The van der Waals surface area contributed by atoms with Crippen molar-refractivity contribution in [3.05, 3.63) is 64.2 Å². The average molecular weight is 648 g/mol. The number of hydrogen-bond acceptors (Lipinski definition) is 14. The summed E-state index contributed by atoms with van der Waals surface area (Å²) >= 11 is 0. The van der Waals surface area contributed by atoms with Crippen molar-refractivity contribution in [2.24, 2.45) is 0 Å². The second kappa shape index (κ2) is 11.9. The van der Waals surface area contributed by atoms with E-state index in [1.54, 1.807) is 0 Å². The van der Waals surface area contributed by atoms with Gasteiger partial charge in [-0.15, -0.1) is 6.58 Å². The molecule has 15 heteroatoms. The molecule has 3 aliphatic rings. The normalized spacial score (nSPS) is 27.7. The first-order chi connectivity index (χ1) is 21.1. The minimum atomic E-state index is -4.06. The minimum Gasteiger partial charge on any atom is -0.507 e. The SMILES string of the molecule is C=CCS(=O)(=O)ONC1CC(O[C@H]2C[C@](O)(C(C)=O)Cc3c(O)c4c(c(O)c32)C(=O)c2c(OC)cccc2C4=O)OC(C)C1O. The van der Waals surface area contributed by atoms with Crippen LogP contribution in [0.25, 0.3) is 0 Å². The number of carbonyl (C=O) groups is 3. The van der Waals surface area contributed by atoms with Crippen LogP contribution in [0.15, 0.2) is 30.9 Å². The van der Waals surface area contributed by atoms with Crippen LogP contribution in [-0.4, -0.2) is 89.2 Å². The molecule has 4 unspecified atom stereocenters. The zero-order valence-corrected chi connectivity index (χ0v) is 25.4. The number of nitrogens with one attached hydrogen (secondary N) is 1. The Hall–Kier alpha value is -3.70. The molecule has 1 aliphatic heterocycles. The number of ether oxygens (including phenoxy) is 3. The van der Waals surface area contributed by atoms with Gasteiger partial charge in [0.25, 0.3) is 10.1 Å². The van der Waals surface area contributed by atoms with Crippen molar-refractivity contribution in [1.82, 2.24) is 5.48 Å². The fourth-order valence-electron chi connectivity index (χ4n) is 6.05. The summed E-state index contributed by atoms with van der Waals surface area (Å²) in [4.78, 5) is 40.0. The third-order valence-electron chi connectivity index (χ3n) is 8.40. The van der Waals surface area contributed by atoms with E-state index in [4.69, 9.17) is 18.5 Å². The van der Waals surface area contributed by atoms with E-state index in [0.29, 0.717) is 0 Å². The van der Waals surface area contributed by atoms with Crippen molar-refractivity contribution in [1.29, 1.82) is 0 Å². The van der Waals surface area contributed by atoms with E-state index in [2.05, 4.69) is 12.1 Å². The molecule has 6 atom stereocenters. The summed E-state index contributed by atoms with van der Waals surface area (Å²) in [7, 11) is -2.75. The average Bonchev–Trinajstić information content (AvgIpc) is 2.98. The van der Waals surface area contributed by atoms with Crippen molar-refractivity contribution < 1.29 is 61.7 Å². The molecular weight excluding hydrogens is 614 g/mol. The lowest BCUT2D eigenvalue weighted by molar-refractivity contribution is -0.254. The summed E-state index contributed by atoms with van der Waals surface area (Å²) in [5, 5.41) is 45.0. The largest absolute Gasteiger partial charge is 0.507 e. The maximum Gasteiger partial charge on any atom is 0.286 e. The topological polar surface area (TPSA) is 215 Å². The number of phenolic OH excluding ortho intramolecular Hbond substituents is 2. The third kappa shape index (κ3) is 5.65. The van der Waals surface area contributed by atoms with Gasteiger partial charge in [0.15, 0.2) is 17.9 Å². The van der Waals surface area contributed by atoms with Gasteiger partial charge in [-0.25, -0.2) is 0 Å². The van der Waals surface area contributed by atoms with Crippen molar-refractivity contribution >= 4 is 27.5 Å². The van der Waals surface area contributed by atoms with Gasteiger partial charge in [0.05, 0.1) is 53.9 Å². The maximum atomic E-state index is 13.8. The van der Waals surface area contributed by atoms with E-state index in [1.165, 1.54) is 32.2 Å². The molecule has 14 nitrogen and oxygen atoms in total. The standard InChI is InChI=1S/C30H33NO13S/c1-5-9-45(39,40)44-31-17-10-20(42-13(2)25(17)33)43-19-12-30(38,14(3)32)11-16-22(19)29(37)24-23(27(16)35)26(34)15-7-6-8-18(41-4)21(15)28(24)36/h5-8,13,17,19-20,25,31,33,35,37-38H,1,9-12H2,2-4H3/t13?,17?,19-,20?,25?,30-/m0/s1. The van der Waals surface area contributed by atoms with E-state index in [-0.39, 0.29) is 34.4 Å². The molecule has 2 aliphatic carbocycles. The first kappa shape index (κ1) is 32.7. The van der Waals surface area contributed by atoms with Crippen LogP contribution in [-0.2, 0) is 35.1 Å². The Morgan fingerprint density at radius 2 is 1.87 bits per heavy atom. The molecule has 5 rings (SSSR count). The van der Waals surface area contributed by atoms with Crippen LogP contribution >= 0.6 is 0 Å². The van der Waals surface area contributed by atoms with E-state index in [1.807, 2.05) is 0 Å². The number of aliphatic hydroxyl groups excluding tert-OH is 1. The van der Waals surface area contributed by atoms with Gasteiger partial charge < -0.3 is 34.6 Å². The van der Waals surface area contributed by atoms with E-state index >= 15 is 0 Å². The van der Waals surface area contributed by atoms with Gasteiger partial charge in [-0.05, 0) is 19.9 Å². The number of phenols is 2. The lowest BCUT2D eigenvalue weighted by Gasteiger charge is -2.42. The molecule has 0 amide bonds. The van der Waals surface area contributed by atoms with Crippen LogP contribution in [0.4, 0.5) is 0 Å². The molecule has 2 aromatic carbocycles. The molecule has 1 heterocycles. The number of hydroxylamine groups is 1. The Labute approximate surface area is 258 Å². The number of fused-ring (bicyclic) bond motifs is 3. The zero-order chi connectivity index (χ0) is 33.0. The number of aromatic hydroxyl groups is 2. The van der Waals surface area contributed by atoms with E-state index < -0.39 is 105 Å². The fourth-order valence-corrected chi connectivity index (χ4v) is 6.68. The molecule has 2 aromatic rings. The predicted octanol–water partition coefficient (Wildman–Crippen LogP) is 1.11. The number of Topliss-reactive ketones (excluding diaryl/α,β-unsaturated/α-hetero) is 1. The van der Waals surface area contributed by atoms with Gasteiger partial charge in [0.1, 0.15) is 22.8 Å². The van der Waals surface area contributed by atoms with E-state index in [0.717, 1.165) is 13.0 Å². The molecule has 1 fully saturated rings. The lowest BCUT2D eigenvalue weighted by Crippen LogP contribution is -2.54. The molecule has 0 radical (unpaired) electrons. The van der Waals surface area contributed by atoms with Gasteiger partial charge in [0.2, 0.25) is 5.78 Å². The van der Waals surface area contributed by atoms with Gasteiger partial charge >= 0.3 is 0 Å². The van der Waals surface area contributed by atoms with Gasteiger partial charge in [0, 0.05) is 36.0 Å². The number of ketones is 3. The summed E-state index contributed by atoms with van der Waals surface area (Å²) in [5.41, 5.74) is -1.29. The monoisotopic (exact) mass is 647 g/mol. The Kier molecular flexibility index (Phi) is 8.65. The van der Waals surface area contributed by atoms with Crippen molar-refractivity contribution in [3.8, 4) is 17.2 Å². The smallest absolute Gasteiger partial charge is 0.286 e. The molecule has 0 aromatic heterocycles. The van der Waals surface area contributed by atoms with E-state index in [9.17, 15) is 43.2 Å². The molecular formula is C30H33NO13S. The van der Waals surface area contributed by atoms with Crippen molar-refractivity contribution in [2.45, 2.75) is 69.4 Å². The second-order valence-corrected chi connectivity index (χ2v) is 12.9. The molecule has 242 valence electrons. The van der Waals surface area contributed by atoms with Crippen LogP contribution in [0.2, 0.25) is 0 Å². The summed E-state index contributed by atoms with van der Waals surface area (Å²) in [6.45, 7) is 5.97. The molecule has 1 saturated heterocycles. The lowest BCUT2D eigenvalue weighted by atomic mass is 9.72. The highest BCUT2D eigenvalue weighted by molar-refractivity contribution is 7.86. The third-order valence-corrected chi connectivity index (χ3v) is 9.40. The maximum absolute atomic E-state index is 13.8. The quantitative estimate of drug-likeness (QED) is 0.125.